The van der Waals surface area contributed by atoms with Gasteiger partial charge in [0.05, 0.1) is 12.2 Å². The van der Waals surface area contributed by atoms with E-state index in [1.54, 1.807) is 0 Å². The molecule has 1 atom stereocenters. The van der Waals surface area contributed by atoms with Gasteiger partial charge in [0.25, 0.3) is 0 Å². The van der Waals surface area contributed by atoms with Gasteiger partial charge in [-0.15, -0.1) is 0 Å². The Labute approximate surface area is 114 Å². The molecule has 8 heteroatoms. The number of rotatable bonds is 2. The Bertz CT molecular complexity index is 606. The molecule has 7 nitrogen and oxygen atoms in total. The first-order valence-corrected chi connectivity index (χ1v) is 6.50. The highest BCUT2D eigenvalue weighted by Gasteiger charge is 2.22. The predicted molar refractivity (Wildman–Crippen MR) is 70.9 cm³/mol. The smallest absolute Gasteiger partial charge is 0.233 e. The molecule has 2 aromatic rings. The van der Waals surface area contributed by atoms with Gasteiger partial charge >= 0.3 is 0 Å². The first kappa shape index (κ1) is 12.3. The highest BCUT2D eigenvalue weighted by atomic mass is 35.5. The van der Waals surface area contributed by atoms with E-state index in [0.29, 0.717) is 17.7 Å². The summed E-state index contributed by atoms with van der Waals surface area (Å²) in [4.78, 5) is 27.1. The van der Waals surface area contributed by atoms with Gasteiger partial charge in [-0.05, 0) is 19.4 Å². The van der Waals surface area contributed by atoms with E-state index in [-0.39, 0.29) is 22.9 Å². The summed E-state index contributed by atoms with van der Waals surface area (Å²) in [5, 5.41) is 6.14. The van der Waals surface area contributed by atoms with Crippen molar-refractivity contribution in [3.63, 3.8) is 0 Å². The van der Waals surface area contributed by atoms with Crippen LogP contribution >= 0.6 is 11.6 Å². The van der Waals surface area contributed by atoms with Gasteiger partial charge in [0, 0.05) is 6.54 Å². The predicted octanol–water partition coefficient (Wildman–Crippen LogP) is 0.944. The minimum absolute atomic E-state index is 0.0500. The molecule has 1 aliphatic rings. The van der Waals surface area contributed by atoms with Crippen LogP contribution in [0.5, 0.6) is 0 Å². The van der Waals surface area contributed by atoms with Gasteiger partial charge in [0.1, 0.15) is 5.52 Å². The number of aromatic nitrogens is 4. The van der Waals surface area contributed by atoms with Gasteiger partial charge in [-0.25, -0.2) is 4.98 Å². The van der Waals surface area contributed by atoms with Gasteiger partial charge in [0.15, 0.2) is 10.8 Å². The summed E-state index contributed by atoms with van der Waals surface area (Å²) < 4.78 is 0. The Kier molecular flexibility index (Phi) is 3.31. The maximum absolute atomic E-state index is 12.1. The molecular weight excluding hydrogens is 268 g/mol. The van der Waals surface area contributed by atoms with Crippen LogP contribution in [0.1, 0.15) is 12.8 Å². The molecule has 1 saturated heterocycles. The summed E-state index contributed by atoms with van der Waals surface area (Å²) in [5.41, 5.74) is 1.01. The first-order chi connectivity index (χ1) is 9.24. The summed E-state index contributed by atoms with van der Waals surface area (Å²) >= 11 is 5.99. The summed E-state index contributed by atoms with van der Waals surface area (Å²) in [6.07, 6.45) is 3.36. The molecule has 0 unspecified atom stereocenters. The molecule has 0 aromatic carbocycles. The zero-order valence-corrected chi connectivity index (χ0v) is 10.9. The first-order valence-electron chi connectivity index (χ1n) is 6.12. The van der Waals surface area contributed by atoms with Crippen molar-refractivity contribution < 1.29 is 4.79 Å². The zero-order valence-electron chi connectivity index (χ0n) is 10.1. The summed E-state index contributed by atoms with van der Waals surface area (Å²) in [6.45, 7) is 1.65. The van der Waals surface area contributed by atoms with E-state index in [1.165, 1.54) is 6.33 Å². The maximum atomic E-state index is 12.1. The van der Waals surface area contributed by atoms with E-state index in [2.05, 4.69) is 30.6 Å². The maximum Gasteiger partial charge on any atom is 0.233 e. The molecule has 3 heterocycles. The van der Waals surface area contributed by atoms with Crippen LogP contribution in [-0.4, -0.2) is 38.9 Å². The number of amides is 1. The van der Waals surface area contributed by atoms with E-state index in [4.69, 9.17) is 11.6 Å². The van der Waals surface area contributed by atoms with Gasteiger partial charge in [-0.1, -0.05) is 11.6 Å². The molecule has 3 N–H and O–H groups in total. The van der Waals surface area contributed by atoms with E-state index < -0.39 is 0 Å². The van der Waals surface area contributed by atoms with Crippen LogP contribution in [0.15, 0.2) is 6.33 Å². The number of carbonyl (C=O) groups excluding carboxylic acids is 1. The lowest BCUT2D eigenvalue weighted by molar-refractivity contribution is -0.120. The van der Waals surface area contributed by atoms with E-state index in [1.807, 2.05) is 0 Å². The fraction of sp³-hybridized carbons (Fsp3) is 0.455. The molecule has 0 saturated carbocycles. The Balaban J connectivity index is 1.78. The van der Waals surface area contributed by atoms with Crippen LogP contribution in [0.3, 0.4) is 0 Å². The zero-order chi connectivity index (χ0) is 13.2. The standard InChI is InChI=1S/C11H13ClN6O/c12-8-7-9(15-5-14-7)17-11(16-8)18-10(19)6-2-1-3-13-4-6/h5-6,13H,1-4H2,(H2,14,15,16,17,18,19)/t6-/m1/s1. The molecular formula is C11H13ClN6O. The second-order valence-electron chi connectivity index (χ2n) is 4.47. The van der Waals surface area contributed by atoms with E-state index in [9.17, 15) is 4.79 Å². The van der Waals surface area contributed by atoms with Crippen molar-refractivity contribution in [2.75, 3.05) is 18.4 Å². The Morgan fingerprint density at radius 2 is 2.37 bits per heavy atom. The SMILES string of the molecule is O=C(Nc1nc(Cl)c2[nH]cnc2n1)[C@@H]1CCCNC1. The number of fused-ring (bicyclic) bond motifs is 1. The third-order valence-corrected chi connectivity index (χ3v) is 3.42. The van der Waals surface area contributed by atoms with Crippen LogP contribution in [0, 0.1) is 5.92 Å². The van der Waals surface area contributed by atoms with Crippen molar-refractivity contribution in [3.8, 4) is 0 Å². The molecule has 1 amide bonds. The summed E-state index contributed by atoms with van der Waals surface area (Å²) in [5.74, 6) is 0.0596. The van der Waals surface area contributed by atoms with Crippen LogP contribution in [0.25, 0.3) is 11.2 Å². The lowest BCUT2D eigenvalue weighted by atomic mass is 9.99. The minimum Gasteiger partial charge on any atom is -0.341 e. The number of hydrogen-bond donors (Lipinski definition) is 3. The average molecular weight is 281 g/mol. The number of anilines is 1. The molecule has 1 aliphatic heterocycles. The van der Waals surface area contributed by atoms with Crippen molar-refractivity contribution in [3.05, 3.63) is 11.5 Å². The topological polar surface area (TPSA) is 95.6 Å². The second-order valence-corrected chi connectivity index (χ2v) is 4.83. The number of piperidine rings is 1. The lowest BCUT2D eigenvalue weighted by Gasteiger charge is -2.21. The summed E-state index contributed by atoms with van der Waals surface area (Å²) in [7, 11) is 0. The minimum atomic E-state index is -0.0850. The number of nitrogens with one attached hydrogen (secondary N) is 3. The van der Waals surface area contributed by atoms with Crippen molar-refractivity contribution in [1.29, 1.82) is 0 Å². The number of hydrogen-bond acceptors (Lipinski definition) is 5. The number of halogens is 1. The van der Waals surface area contributed by atoms with Gasteiger partial charge in [-0.3, -0.25) is 10.1 Å². The quantitative estimate of drug-likeness (QED) is 0.712. The molecule has 0 spiro atoms. The van der Waals surface area contributed by atoms with Crippen molar-refractivity contribution >= 4 is 34.6 Å². The second kappa shape index (κ2) is 5.10. The normalized spacial score (nSPS) is 19.5. The lowest BCUT2D eigenvalue weighted by Crippen LogP contribution is -2.37. The fourth-order valence-electron chi connectivity index (χ4n) is 2.14. The molecule has 100 valence electrons. The molecule has 0 aliphatic carbocycles. The Morgan fingerprint density at radius 3 is 3.16 bits per heavy atom. The highest BCUT2D eigenvalue weighted by molar-refractivity contribution is 6.33. The fourth-order valence-corrected chi connectivity index (χ4v) is 2.36. The number of H-pyrrole nitrogens is 1. The van der Waals surface area contributed by atoms with Crippen LogP contribution in [0.4, 0.5) is 5.95 Å². The monoisotopic (exact) mass is 280 g/mol. The van der Waals surface area contributed by atoms with Crippen LogP contribution in [0.2, 0.25) is 5.15 Å². The van der Waals surface area contributed by atoms with E-state index in [0.717, 1.165) is 19.4 Å². The van der Waals surface area contributed by atoms with Crippen molar-refractivity contribution in [1.82, 2.24) is 25.3 Å². The summed E-state index contributed by atoms with van der Waals surface area (Å²) in [6, 6.07) is 0. The molecule has 3 rings (SSSR count). The Hall–Kier alpha value is -1.73. The highest BCUT2D eigenvalue weighted by Crippen LogP contribution is 2.19. The Morgan fingerprint density at radius 1 is 1.47 bits per heavy atom. The largest absolute Gasteiger partial charge is 0.341 e. The molecule has 19 heavy (non-hydrogen) atoms. The van der Waals surface area contributed by atoms with Gasteiger partial charge in [-0.2, -0.15) is 9.97 Å². The molecule has 1 fully saturated rings. The molecule has 0 bridgehead atoms. The third kappa shape index (κ3) is 2.52. The number of carbonyl (C=O) groups is 1. The van der Waals surface area contributed by atoms with Gasteiger partial charge < -0.3 is 10.3 Å². The van der Waals surface area contributed by atoms with Crippen molar-refractivity contribution in [2.24, 2.45) is 5.92 Å². The number of nitrogens with zero attached hydrogens (tertiary/aromatic N) is 3. The van der Waals surface area contributed by atoms with Crippen LogP contribution < -0.4 is 10.6 Å². The average Bonchev–Trinajstić information content (AvgIpc) is 2.88. The van der Waals surface area contributed by atoms with Crippen LogP contribution in [-0.2, 0) is 4.79 Å². The molecule has 0 radical (unpaired) electrons. The molecule has 2 aromatic heterocycles. The number of aromatic amines is 1. The number of imidazole rings is 1. The van der Waals surface area contributed by atoms with E-state index >= 15 is 0 Å². The van der Waals surface area contributed by atoms with Crippen molar-refractivity contribution in [2.45, 2.75) is 12.8 Å². The third-order valence-electron chi connectivity index (χ3n) is 3.14. The van der Waals surface area contributed by atoms with Gasteiger partial charge in [0.2, 0.25) is 11.9 Å².